The normalized spacial score (nSPS) is 17.1. The lowest BCUT2D eigenvalue weighted by atomic mass is 9.99. The highest BCUT2D eigenvalue weighted by atomic mass is 32.1. The van der Waals surface area contributed by atoms with Gasteiger partial charge in [0, 0.05) is 36.6 Å². The van der Waals surface area contributed by atoms with Crippen LogP contribution in [0.5, 0.6) is 5.75 Å². The number of nitrogens with one attached hydrogen (secondary N) is 1. The summed E-state index contributed by atoms with van der Waals surface area (Å²) < 4.78 is 14.0. The number of piperazine rings is 1. The van der Waals surface area contributed by atoms with Crippen molar-refractivity contribution >= 4 is 11.3 Å². The van der Waals surface area contributed by atoms with Crippen LogP contribution in [0.25, 0.3) is 0 Å². The van der Waals surface area contributed by atoms with Crippen molar-refractivity contribution in [2.45, 2.75) is 6.04 Å². The minimum Gasteiger partial charge on any atom is -0.505 e. The molecular weight excluding hydrogens is 301 g/mol. The molecule has 2 aromatic rings. The Bertz CT molecular complexity index is 690. The predicted molar refractivity (Wildman–Crippen MR) is 83.4 cm³/mol. The highest BCUT2D eigenvalue weighted by Crippen LogP contribution is 2.38. The van der Waals surface area contributed by atoms with Crippen molar-refractivity contribution in [2.75, 3.05) is 26.2 Å². The van der Waals surface area contributed by atoms with Crippen molar-refractivity contribution in [1.29, 1.82) is 5.26 Å². The summed E-state index contributed by atoms with van der Waals surface area (Å²) in [6.45, 7) is 3.31. The van der Waals surface area contributed by atoms with Gasteiger partial charge in [0.2, 0.25) is 0 Å². The molecule has 0 bridgehead atoms. The third-order valence-corrected chi connectivity index (χ3v) is 4.77. The SMILES string of the molecule is N#Cc1cc(F)c(O)c([C@H](c2cccs2)N2CCNCC2)c1. The minimum atomic E-state index is -0.745. The van der Waals surface area contributed by atoms with Crippen molar-refractivity contribution in [2.24, 2.45) is 0 Å². The van der Waals surface area contributed by atoms with E-state index in [-0.39, 0.29) is 17.4 Å². The molecule has 0 radical (unpaired) electrons. The second-order valence-electron chi connectivity index (χ2n) is 5.21. The molecule has 6 heteroatoms. The lowest BCUT2D eigenvalue weighted by Gasteiger charge is -2.35. The van der Waals surface area contributed by atoms with E-state index in [9.17, 15) is 9.50 Å². The van der Waals surface area contributed by atoms with Crippen LogP contribution in [0.3, 0.4) is 0 Å². The van der Waals surface area contributed by atoms with E-state index in [0.29, 0.717) is 5.56 Å². The summed E-state index contributed by atoms with van der Waals surface area (Å²) >= 11 is 1.57. The molecule has 0 unspecified atom stereocenters. The number of hydrogen-bond acceptors (Lipinski definition) is 5. The van der Waals surface area contributed by atoms with Crippen LogP contribution in [0.15, 0.2) is 29.6 Å². The molecule has 1 fully saturated rings. The van der Waals surface area contributed by atoms with Crippen LogP contribution in [-0.4, -0.2) is 36.2 Å². The Morgan fingerprint density at radius 2 is 2.14 bits per heavy atom. The minimum absolute atomic E-state index is 0.224. The largest absolute Gasteiger partial charge is 0.505 e. The zero-order valence-electron chi connectivity index (χ0n) is 11.9. The average Bonchev–Trinajstić information content (AvgIpc) is 3.06. The van der Waals surface area contributed by atoms with Gasteiger partial charge in [0.25, 0.3) is 0 Å². The van der Waals surface area contributed by atoms with Gasteiger partial charge in [-0.3, -0.25) is 4.90 Å². The topological polar surface area (TPSA) is 59.3 Å². The van der Waals surface area contributed by atoms with Crippen LogP contribution in [0.1, 0.15) is 22.0 Å². The summed E-state index contributed by atoms with van der Waals surface area (Å²) in [6.07, 6.45) is 0. The van der Waals surface area contributed by atoms with Gasteiger partial charge in [0.05, 0.1) is 17.7 Å². The smallest absolute Gasteiger partial charge is 0.166 e. The van der Waals surface area contributed by atoms with Gasteiger partial charge in [0.15, 0.2) is 11.6 Å². The van der Waals surface area contributed by atoms with Crippen LogP contribution < -0.4 is 5.32 Å². The number of nitriles is 1. The lowest BCUT2D eigenvalue weighted by molar-refractivity contribution is 0.197. The maximum Gasteiger partial charge on any atom is 0.166 e. The Balaban J connectivity index is 2.10. The summed E-state index contributed by atoms with van der Waals surface area (Å²) in [6, 6.07) is 8.31. The van der Waals surface area contributed by atoms with Crippen molar-refractivity contribution in [3.8, 4) is 11.8 Å². The summed E-state index contributed by atoms with van der Waals surface area (Å²) in [5.74, 6) is -1.11. The van der Waals surface area contributed by atoms with Crippen LogP contribution >= 0.6 is 11.3 Å². The van der Waals surface area contributed by atoms with Gasteiger partial charge in [0.1, 0.15) is 0 Å². The number of hydrogen-bond donors (Lipinski definition) is 2. The summed E-state index contributed by atoms with van der Waals surface area (Å²) in [5.41, 5.74) is 0.683. The van der Waals surface area contributed by atoms with Crippen molar-refractivity contribution < 1.29 is 9.50 Å². The molecule has 0 aliphatic carbocycles. The molecule has 22 heavy (non-hydrogen) atoms. The monoisotopic (exact) mass is 317 g/mol. The van der Waals surface area contributed by atoms with E-state index in [4.69, 9.17) is 5.26 Å². The van der Waals surface area contributed by atoms with E-state index >= 15 is 0 Å². The van der Waals surface area contributed by atoms with Gasteiger partial charge in [-0.1, -0.05) is 6.07 Å². The molecule has 1 aliphatic heterocycles. The van der Waals surface area contributed by atoms with Crippen molar-refractivity contribution in [1.82, 2.24) is 10.2 Å². The number of phenolic OH excluding ortho intramolecular Hbond substituents is 1. The predicted octanol–water partition coefficient (Wildman–Crippen LogP) is 2.46. The number of aromatic hydroxyl groups is 1. The summed E-state index contributed by atoms with van der Waals surface area (Å²) in [5, 5.41) is 24.5. The van der Waals surface area contributed by atoms with Gasteiger partial charge in [-0.15, -0.1) is 11.3 Å². The van der Waals surface area contributed by atoms with E-state index in [1.54, 1.807) is 17.4 Å². The molecule has 0 saturated carbocycles. The lowest BCUT2D eigenvalue weighted by Crippen LogP contribution is -2.45. The van der Waals surface area contributed by atoms with Crippen LogP contribution in [0.4, 0.5) is 4.39 Å². The molecule has 2 heterocycles. The molecule has 1 aliphatic rings. The molecule has 0 spiro atoms. The first-order valence-corrected chi connectivity index (χ1v) is 7.99. The van der Waals surface area contributed by atoms with Crippen molar-refractivity contribution in [3.63, 3.8) is 0 Å². The number of phenols is 1. The third-order valence-electron chi connectivity index (χ3n) is 3.85. The van der Waals surface area contributed by atoms with E-state index < -0.39 is 5.82 Å². The number of benzene rings is 1. The van der Waals surface area contributed by atoms with Gasteiger partial charge < -0.3 is 10.4 Å². The Morgan fingerprint density at radius 3 is 2.77 bits per heavy atom. The summed E-state index contributed by atoms with van der Waals surface area (Å²) in [4.78, 5) is 3.24. The van der Waals surface area contributed by atoms with Gasteiger partial charge in [-0.2, -0.15) is 5.26 Å². The molecule has 2 N–H and O–H groups in total. The third kappa shape index (κ3) is 2.83. The second kappa shape index (κ2) is 6.44. The molecule has 4 nitrogen and oxygen atoms in total. The molecule has 1 aromatic heterocycles. The van der Waals surface area contributed by atoms with E-state index in [0.717, 1.165) is 37.1 Å². The Hall–Kier alpha value is -1.94. The van der Waals surface area contributed by atoms with Crippen molar-refractivity contribution in [3.05, 3.63) is 51.5 Å². The number of thiophene rings is 1. The first-order valence-electron chi connectivity index (χ1n) is 7.11. The molecular formula is C16H16FN3OS. The molecule has 1 aromatic carbocycles. The second-order valence-corrected chi connectivity index (χ2v) is 6.19. The Morgan fingerprint density at radius 1 is 1.36 bits per heavy atom. The Labute approximate surface area is 132 Å². The zero-order valence-corrected chi connectivity index (χ0v) is 12.7. The molecule has 3 rings (SSSR count). The van der Waals surface area contributed by atoms with E-state index in [1.807, 2.05) is 23.6 Å². The first kappa shape index (κ1) is 15.0. The van der Waals surface area contributed by atoms with Crippen LogP contribution in [0.2, 0.25) is 0 Å². The number of rotatable bonds is 3. The maximum atomic E-state index is 14.0. The standard InChI is InChI=1S/C16H16FN3OS/c17-13-9-11(10-18)8-12(16(13)21)15(14-2-1-7-22-14)20-5-3-19-4-6-20/h1-2,7-9,15,19,21H,3-6H2/t15-/m1/s1. The van der Waals surface area contributed by atoms with E-state index in [1.165, 1.54) is 0 Å². The van der Waals surface area contributed by atoms with Gasteiger partial charge >= 0.3 is 0 Å². The zero-order chi connectivity index (χ0) is 15.5. The molecule has 114 valence electrons. The fraction of sp³-hybridized carbons (Fsp3) is 0.312. The number of halogens is 1. The maximum absolute atomic E-state index is 14.0. The molecule has 0 amide bonds. The summed E-state index contributed by atoms with van der Waals surface area (Å²) in [7, 11) is 0. The van der Waals surface area contributed by atoms with Gasteiger partial charge in [-0.25, -0.2) is 4.39 Å². The highest BCUT2D eigenvalue weighted by Gasteiger charge is 2.28. The Kier molecular flexibility index (Phi) is 4.39. The molecule has 1 saturated heterocycles. The van der Waals surface area contributed by atoms with Crippen LogP contribution in [-0.2, 0) is 0 Å². The molecule has 1 atom stereocenters. The number of nitrogens with zero attached hydrogens (tertiary/aromatic N) is 2. The quantitative estimate of drug-likeness (QED) is 0.913. The van der Waals surface area contributed by atoms with Crippen LogP contribution in [0, 0.1) is 17.1 Å². The van der Waals surface area contributed by atoms with E-state index in [2.05, 4.69) is 10.2 Å². The fourth-order valence-electron chi connectivity index (χ4n) is 2.81. The first-order chi connectivity index (χ1) is 10.7. The van der Waals surface area contributed by atoms with Gasteiger partial charge in [-0.05, 0) is 23.6 Å². The average molecular weight is 317 g/mol. The fourth-order valence-corrected chi connectivity index (χ4v) is 3.69. The highest BCUT2D eigenvalue weighted by molar-refractivity contribution is 7.10.